The molecule has 1 heterocycles. The number of anilines is 1. The fourth-order valence-electron chi connectivity index (χ4n) is 1.70. The SMILES string of the molecule is O=C(CCCNC(=O)c1ccsc1)Nc1ccc(Cl)cc1. The van der Waals surface area contributed by atoms with Crippen LogP contribution >= 0.6 is 22.9 Å². The predicted molar refractivity (Wildman–Crippen MR) is 86.0 cm³/mol. The van der Waals surface area contributed by atoms with Crippen LogP contribution in [-0.4, -0.2) is 18.4 Å². The van der Waals surface area contributed by atoms with Gasteiger partial charge in [-0.25, -0.2) is 0 Å². The third kappa shape index (κ3) is 5.21. The summed E-state index contributed by atoms with van der Waals surface area (Å²) in [6.45, 7) is 0.475. The molecule has 2 aromatic rings. The first kappa shape index (κ1) is 15.5. The van der Waals surface area contributed by atoms with Gasteiger partial charge in [0, 0.05) is 34.6 Å². The van der Waals surface area contributed by atoms with Crippen LogP contribution in [0.25, 0.3) is 0 Å². The van der Waals surface area contributed by atoms with Gasteiger partial charge in [0.15, 0.2) is 0 Å². The molecule has 1 aromatic carbocycles. The van der Waals surface area contributed by atoms with Gasteiger partial charge in [-0.3, -0.25) is 9.59 Å². The molecule has 0 atom stereocenters. The van der Waals surface area contributed by atoms with Crippen LogP contribution in [0, 0.1) is 0 Å². The van der Waals surface area contributed by atoms with Gasteiger partial charge in [-0.1, -0.05) is 11.6 Å². The monoisotopic (exact) mass is 322 g/mol. The third-order valence-corrected chi connectivity index (χ3v) is 3.71. The second-order valence-corrected chi connectivity index (χ2v) is 5.64. The van der Waals surface area contributed by atoms with E-state index in [0.29, 0.717) is 35.7 Å². The van der Waals surface area contributed by atoms with Crippen LogP contribution in [0.4, 0.5) is 5.69 Å². The predicted octanol–water partition coefficient (Wildman–Crippen LogP) is 3.55. The Labute approximate surface area is 132 Å². The van der Waals surface area contributed by atoms with Gasteiger partial charge in [0.05, 0.1) is 0 Å². The van der Waals surface area contributed by atoms with Crippen molar-refractivity contribution in [2.24, 2.45) is 0 Å². The number of benzene rings is 1. The number of rotatable bonds is 6. The van der Waals surface area contributed by atoms with Crippen LogP contribution in [0.15, 0.2) is 41.1 Å². The Kier molecular flexibility index (Phi) is 5.78. The molecule has 0 spiro atoms. The zero-order chi connectivity index (χ0) is 15.1. The smallest absolute Gasteiger partial charge is 0.252 e. The Morgan fingerprint density at radius 2 is 1.90 bits per heavy atom. The lowest BCUT2D eigenvalue weighted by Crippen LogP contribution is -2.25. The maximum absolute atomic E-state index is 11.7. The number of carbonyl (C=O) groups excluding carboxylic acids is 2. The number of carbonyl (C=O) groups is 2. The van der Waals surface area contributed by atoms with Crippen molar-refractivity contribution >= 4 is 40.4 Å². The first-order valence-electron chi connectivity index (χ1n) is 6.51. The molecular weight excluding hydrogens is 308 g/mol. The molecule has 0 bridgehead atoms. The van der Waals surface area contributed by atoms with Crippen molar-refractivity contribution in [3.05, 3.63) is 51.7 Å². The Bertz CT molecular complexity index is 597. The van der Waals surface area contributed by atoms with Gasteiger partial charge >= 0.3 is 0 Å². The van der Waals surface area contributed by atoms with E-state index in [1.54, 1.807) is 35.7 Å². The van der Waals surface area contributed by atoms with Crippen LogP contribution < -0.4 is 10.6 Å². The van der Waals surface area contributed by atoms with E-state index in [-0.39, 0.29) is 11.8 Å². The highest BCUT2D eigenvalue weighted by Crippen LogP contribution is 2.13. The van der Waals surface area contributed by atoms with Crippen LogP contribution in [0.5, 0.6) is 0 Å². The van der Waals surface area contributed by atoms with E-state index in [9.17, 15) is 9.59 Å². The molecular formula is C15H15ClN2O2S. The van der Waals surface area contributed by atoms with E-state index in [1.165, 1.54) is 11.3 Å². The molecule has 1 aromatic heterocycles. The highest BCUT2D eigenvalue weighted by molar-refractivity contribution is 7.08. The van der Waals surface area contributed by atoms with Gasteiger partial charge in [0.25, 0.3) is 5.91 Å². The summed E-state index contributed by atoms with van der Waals surface area (Å²) in [6, 6.07) is 8.71. The topological polar surface area (TPSA) is 58.2 Å². The Balaban J connectivity index is 1.65. The summed E-state index contributed by atoms with van der Waals surface area (Å²) in [4.78, 5) is 23.4. The van der Waals surface area contributed by atoms with Gasteiger partial charge in [0.2, 0.25) is 5.91 Å². The summed E-state index contributed by atoms with van der Waals surface area (Å²) in [6.07, 6.45) is 0.946. The maximum atomic E-state index is 11.7. The maximum Gasteiger partial charge on any atom is 0.252 e. The van der Waals surface area contributed by atoms with E-state index < -0.39 is 0 Å². The second-order valence-electron chi connectivity index (χ2n) is 4.43. The summed E-state index contributed by atoms with van der Waals surface area (Å²) in [5.74, 6) is -0.184. The molecule has 0 unspecified atom stereocenters. The standard InChI is InChI=1S/C15H15ClN2O2S/c16-12-3-5-13(6-4-12)18-14(19)2-1-8-17-15(20)11-7-9-21-10-11/h3-7,9-10H,1-2,8H2,(H,17,20)(H,18,19). The van der Waals surface area contributed by atoms with Gasteiger partial charge in [0.1, 0.15) is 0 Å². The van der Waals surface area contributed by atoms with E-state index in [1.807, 2.05) is 5.38 Å². The molecule has 0 radical (unpaired) electrons. The molecule has 0 aliphatic carbocycles. The van der Waals surface area contributed by atoms with Gasteiger partial charge < -0.3 is 10.6 Å². The van der Waals surface area contributed by atoms with E-state index in [4.69, 9.17) is 11.6 Å². The van der Waals surface area contributed by atoms with Crippen molar-refractivity contribution in [1.29, 1.82) is 0 Å². The average Bonchev–Trinajstić information content (AvgIpc) is 3.00. The molecule has 4 nitrogen and oxygen atoms in total. The lowest BCUT2D eigenvalue weighted by Gasteiger charge is -2.06. The number of amides is 2. The lowest BCUT2D eigenvalue weighted by molar-refractivity contribution is -0.116. The summed E-state index contributed by atoms with van der Waals surface area (Å²) < 4.78 is 0. The number of halogens is 1. The van der Waals surface area contributed by atoms with Crippen LogP contribution in [0.1, 0.15) is 23.2 Å². The molecule has 0 saturated carbocycles. The van der Waals surface area contributed by atoms with Crippen molar-refractivity contribution in [2.75, 3.05) is 11.9 Å². The zero-order valence-electron chi connectivity index (χ0n) is 11.3. The zero-order valence-corrected chi connectivity index (χ0v) is 12.8. The fourth-order valence-corrected chi connectivity index (χ4v) is 2.47. The summed E-state index contributed by atoms with van der Waals surface area (Å²) in [5, 5.41) is 9.84. The molecule has 6 heteroatoms. The summed E-state index contributed by atoms with van der Waals surface area (Å²) in [7, 11) is 0. The van der Waals surface area contributed by atoms with E-state index >= 15 is 0 Å². The van der Waals surface area contributed by atoms with Crippen molar-refractivity contribution in [1.82, 2.24) is 5.32 Å². The molecule has 0 aliphatic rings. The van der Waals surface area contributed by atoms with Crippen LogP contribution in [0.2, 0.25) is 5.02 Å². The van der Waals surface area contributed by atoms with Crippen molar-refractivity contribution < 1.29 is 9.59 Å². The molecule has 0 aliphatic heterocycles. The fraction of sp³-hybridized carbons (Fsp3) is 0.200. The van der Waals surface area contributed by atoms with E-state index in [0.717, 1.165) is 0 Å². The van der Waals surface area contributed by atoms with Gasteiger partial charge in [-0.15, -0.1) is 0 Å². The number of hydrogen-bond donors (Lipinski definition) is 2. The molecule has 2 rings (SSSR count). The quantitative estimate of drug-likeness (QED) is 0.799. The van der Waals surface area contributed by atoms with Crippen molar-refractivity contribution in [3.8, 4) is 0 Å². The first-order valence-corrected chi connectivity index (χ1v) is 7.83. The second kappa shape index (κ2) is 7.81. The highest BCUT2D eigenvalue weighted by atomic mass is 35.5. The number of thiophene rings is 1. The minimum absolute atomic E-state index is 0.0814. The minimum Gasteiger partial charge on any atom is -0.352 e. The Morgan fingerprint density at radius 3 is 2.57 bits per heavy atom. The Morgan fingerprint density at radius 1 is 1.14 bits per heavy atom. The van der Waals surface area contributed by atoms with Gasteiger partial charge in [-0.05, 0) is 42.1 Å². The number of nitrogens with one attached hydrogen (secondary N) is 2. The molecule has 21 heavy (non-hydrogen) atoms. The molecule has 0 fully saturated rings. The van der Waals surface area contributed by atoms with Crippen molar-refractivity contribution in [2.45, 2.75) is 12.8 Å². The summed E-state index contributed by atoms with van der Waals surface area (Å²) >= 11 is 7.25. The molecule has 2 amide bonds. The first-order chi connectivity index (χ1) is 10.1. The summed E-state index contributed by atoms with van der Waals surface area (Å²) in [5.41, 5.74) is 1.37. The molecule has 110 valence electrons. The minimum atomic E-state index is -0.102. The van der Waals surface area contributed by atoms with Crippen LogP contribution in [0.3, 0.4) is 0 Å². The lowest BCUT2D eigenvalue weighted by atomic mass is 10.2. The highest BCUT2D eigenvalue weighted by Gasteiger charge is 2.06. The average molecular weight is 323 g/mol. The van der Waals surface area contributed by atoms with Gasteiger partial charge in [-0.2, -0.15) is 11.3 Å². The third-order valence-electron chi connectivity index (χ3n) is 2.78. The van der Waals surface area contributed by atoms with Crippen LogP contribution in [-0.2, 0) is 4.79 Å². The number of hydrogen-bond acceptors (Lipinski definition) is 3. The normalized spacial score (nSPS) is 10.1. The Hall–Kier alpha value is -1.85. The molecule has 2 N–H and O–H groups in total. The van der Waals surface area contributed by atoms with Crippen molar-refractivity contribution in [3.63, 3.8) is 0 Å². The largest absolute Gasteiger partial charge is 0.352 e. The van der Waals surface area contributed by atoms with E-state index in [2.05, 4.69) is 10.6 Å². The molecule has 0 saturated heterocycles.